The molecule has 256 valence electrons. The number of unbranched alkanes of at least 4 members (excludes halogenated alkanes) is 2. The second-order valence-electron chi connectivity index (χ2n) is 12.7. The van der Waals surface area contributed by atoms with E-state index in [1.54, 1.807) is 24.3 Å². The smallest absolute Gasteiger partial charge is 0.307 e. The number of hydrogen-bond donors (Lipinski definition) is 6. The number of aliphatic carboxylic acids is 3. The Hall–Kier alpha value is -5.51. The van der Waals surface area contributed by atoms with Crippen LogP contribution in [0.4, 0.5) is 0 Å². The molecule has 49 heavy (non-hydrogen) atoms. The molecule has 0 spiro atoms. The Balaban J connectivity index is 1.77. The number of carboxylic acid groups (broad SMARTS) is 3. The van der Waals surface area contributed by atoms with E-state index in [-0.39, 0.29) is 62.2 Å². The first-order chi connectivity index (χ1) is 23.4. The highest BCUT2D eigenvalue weighted by molar-refractivity contribution is 5.72. The van der Waals surface area contributed by atoms with Crippen LogP contribution in [-0.4, -0.2) is 55.2 Å². The summed E-state index contributed by atoms with van der Waals surface area (Å²) in [5.41, 5.74) is 4.94. The zero-order chi connectivity index (χ0) is 35.2. The third-order valence-corrected chi connectivity index (χ3v) is 8.74. The predicted octanol–water partition coefficient (Wildman–Crippen LogP) is 5.93. The van der Waals surface area contributed by atoms with Gasteiger partial charge in [-0.3, -0.25) is 14.4 Å². The molecule has 0 heterocycles. The van der Waals surface area contributed by atoms with Crippen LogP contribution in [0.15, 0.2) is 54.6 Å². The number of aromatic hydroxyl groups is 3. The van der Waals surface area contributed by atoms with Crippen molar-refractivity contribution >= 4 is 17.9 Å². The van der Waals surface area contributed by atoms with Crippen LogP contribution in [0.1, 0.15) is 87.4 Å². The quantitative estimate of drug-likeness (QED) is 0.0923. The van der Waals surface area contributed by atoms with Crippen molar-refractivity contribution in [3.8, 4) is 23.0 Å². The predicted molar refractivity (Wildman–Crippen MR) is 181 cm³/mol. The van der Waals surface area contributed by atoms with Crippen LogP contribution in [0.3, 0.4) is 0 Å². The van der Waals surface area contributed by atoms with Gasteiger partial charge < -0.3 is 35.4 Å². The van der Waals surface area contributed by atoms with Crippen LogP contribution >= 0.6 is 0 Å². The van der Waals surface area contributed by atoms with Crippen LogP contribution in [-0.2, 0) is 59.3 Å². The van der Waals surface area contributed by atoms with Gasteiger partial charge in [0.15, 0.2) is 0 Å². The van der Waals surface area contributed by atoms with Crippen molar-refractivity contribution in [2.24, 2.45) is 0 Å². The van der Waals surface area contributed by atoms with Gasteiger partial charge in [0, 0.05) is 25.7 Å². The molecule has 0 amide bonds. The van der Waals surface area contributed by atoms with Crippen molar-refractivity contribution in [3.63, 3.8) is 0 Å². The first-order valence-corrected chi connectivity index (χ1v) is 16.3. The molecule has 5 rings (SSSR count). The minimum atomic E-state index is -1.10. The van der Waals surface area contributed by atoms with E-state index in [1.165, 1.54) is 12.1 Å². The number of benzene rings is 4. The van der Waals surface area contributed by atoms with Gasteiger partial charge >= 0.3 is 17.9 Å². The lowest BCUT2D eigenvalue weighted by Crippen LogP contribution is -2.08. The Morgan fingerprint density at radius 2 is 0.878 bits per heavy atom. The largest absolute Gasteiger partial charge is 0.507 e. The van der Waals surface area contributed by atoms with Crippen molar-refractivity contribution in [1.29, 1.82) is 0 Å². The maximum absolute atomic E-state index is 11.8. The zero-order valence-electron chi connectivity index (χ0n) is 27.3. The molecule has 1 aliphatic rings. The van der Waals surface area contributed by atoms with Gasteiger partial charge in [-0.25, -0.2) is 0 Å². The highest BCUT2D eigenvalue weighted by atomic mass is 16.5. The van der Waals surface area contributed by atoms with Gasteiger partial charge in [0.05, 0.1) is 25.9 Å². The third kappa shape index (κ3) is 8.51. The van der Waals surface area contributed by atoms with E-state index in [0.717, 1.165) is 30.4 Å². The number of carbonyl (C=O) groups is 3. The molecule has 10 heteroatoms. The topological polar surface area (TPSA) is 182 Å². The summed E-state index contributed by atoms with van der Waals surface area (Å²) in [4.78, 5) is 35.3. The molecule has 6 N–H and O–H groups in total. The first kappa shape index (κ1) is 34.8. The highest BCUT2D eigenvalue weighted by Crippen LogP contribution is 2.39. The fourth-order valence-corrected chi connectivity index (χ4v) is 6.58. The molecule has 0 unspecified atom stereocenters. The van der Waals surface area contributed by atoms with E-state index in [1.807, 2.05) is 18.2 Å². The molecule has 0 fully saturated rings. The average Bonchev–Trinajstić information content (AvgIpc) is 3.01. The van der Waals surface area contributed by atoms with E-state index < -0.39 is 17.9 Å². The third-order valence-electron chi connectivity index (χ3n) is 8.74. The fraction of sp³-hybridized carbons (Fsp3) is 0.308. The Bertz CT molecular complexity index is 1790. The van der Waals surface area contributed by atoms with Crippen molar-refractivity contribution in [2.45, 2.75) is 71.1 Å². The van der Waals surface area contributed by atoms with Crippen LogP contribution in [0, 0.1) is 0 Å². The van der Waals surface area contributed by atoms with Gasteiger partial charge in [0.25, 0.3) is 0 Å². The molecule has 0 atom stereocenters. The molecule has 0 saturated carbocycles. The average molecular weight is 669 g/mol. The van der Waals surface area contributed by atoms with Crippen LogP contribution < -0.4 is 4.74 Å². The molecular weight excluding hydrogens is 628 g/mol. The normalized spacial score (nSPS) is 12.3. The van der Waals surface area contributed by atoms with Crippen LogP contribution in [0.5, 0.6) is 23.0 Å². The minimum absolute atomic E-state index is 0.0463. The second-order valence-corrected chi connectivity index (χ2v) is 12.7. The summed E-state index contributed by atoms with van der Waals surface area (Å²) in [7, 11) is 0. The molecule has 1 aliphatic carbocycles. The summed E-state index contributed by atoms with van der Waals surface area (Å²) < 4.78 is 6.39. The molecule has 10 nitrogen and oxygen atoms in total. The van der Waals surface area contributed by atoms with E-state index in [9.17, 15) is 45.0 Å². The van der Waals surface area contributed by atoms with Gasteiger partial charge in [-0.05, 0) is 67.6 Å². The molecular formula is C39H40O10. The maximum atomic E-state index is 11.8. The Morgan fingerprint density at radius 1 is 0.551 bits per heavy atom. The number of carboxylic acids is 3. The molecule has 4 aromatic carbocycles. The van der Waals surface area contributed by atoms with Crippen molar-refractivity contribution in [1.82, 2.24) is 0 Å². The number of fused-ring (bicyclic) bond motifs is 8. The second kappa shape index (κ2) is 15.1. The van der Waals surface area contributed by atoms with Gasteiger partial charge in [-0.1, -0.05) is 74.4 Å². The summed E-state index contributed by atoms with van der Waals surface area (Å²) in [5.74, 6) is -2.96. The van der Waals surface area contributed by atoms with Crippen molar-refractivity contribution in [3.05, 3.63) is 116 Å². The Kier molecular flexibility index (Phi) is 10.8. The molecule has 0 aliphatic heterocycles. The van der Waals surface area contributed by atoms with Crippen molar-refractivity contribution < 1.29 is 49.8 Å². The lowest BCUT2D eigenvalue weighted by atomic mass is 9.88. The Labute approximate surface area is 283 Å². The number of rotatable bonds is 11. The van der Waals surface area contributed by atoms with Gasteiger partial charge in [-0.15, -0.1) is 0 Å². The number of ether oxygens (including phenoxy) is 1. The highest BCUT2D eigenvalue weighted by Gasteiger charge is 2.22. The summed E-state index contributed by atoms with van der Waals surface area (Å²) in [5, 5.41) is 63.7. The summed E-state index contributed by atoms with van der Waals surface area (Å²) >= 11 is 0. The minimum Gasteiger partial charge on any atom is -0.507 e. The molecule has 0 aromatic heterocycles. The molecule has 4 aromatic rings. The summed E-state index contributed by atoms with van der Waals surface area (Å²) in [6, 6.07) is 15.1. The van der Waals surface area contributed by atoms with E-state index in [2.05, 4.69) is 6.92 Å². The lowest BCUT2D eigenvalue weighted by Gasteiger charge is -2.21. The van der Waals surface area contributed by atoms with Gasteiger partial charge in [-0.2, -0.15) is 0 Å². The maximum Gasteiger partial charge on any atom is 0.307 e. The first-order valence-electron chi connectivity index (χ1n) is 16.3. The molecule has 8 bridgehead atoms. The van der Waals surface area contributed by atoms with E-state index in [0.29, 0.717) is 62.4 Å². The number of phenolic OH excluding ortho intramolecular Hbond substituents is 3. The van der Waals surface area contributed by atoms with E-state index >= 15 is 0 Å². The Morgan fingerprint density at radius 3 is 1.18 bits per heavy atom. The number of para-hydroxylation sites is 1. The number of hydrogen-bond acceptors (Lipinski definition) is 7. The van der Waals surface area contributed by atoms with Gasteiger partial charge in [0.2, 0.25) is 0 Å². The SMILES string of the molecule is CCCCCOc1c2cccc1Cc1cc(CC(=O)O)cc(c1O)Cc1cc(CC(=O)O)cc(c1O)Cc1cc(CC(=O)O)cc(c1O)C2. The molecule has 0 radical (unpaired) electrons. The standard InChI is InChI=1S/C39H40O10/c1-2-3-4-8-49-39-25-6-5-7-26(39)19-28-10-23(16-34(42)43)12-30(37(28)47)21-32-14-24(17-35(44)45)13-31(38(32)48)20-29-11-22(15-33(40)41)9-27(18-25)36(29)46/h5-7,9-14,46-48H,2-4,8,15-21H2,1H3,(H,40,41)(H,42,43)(H,44,45). The number of phenols is 3. The van der Waals surface area contributed by atoms with Crippen LogP contribution in [0.25, 0.3) is 0 Å². The van der Waals surface area contributed by atoms with Gasteiger partial charge in [0.1, 0.15) is 23.0 Å². The van der Waals surface area contributed by atoms with Crippen molar-refractivity contribution in [2.75, 3.05) is 6.61 Å². The lowest BCUT2D eigenvalue weighted by molar-refractivity contribution is -0.137. The van der Waals surface area contributed by atoms with Crippen LogP contribution in [0.2, 0.25) is 0 Å². The zero-order valence-corrected chi connectivity index (χ0v) is 27.3. The summed E-state index contributed by atoms with van der Waals surface area (Å²) in [6.07, 6.45) is 2.06. The molecule has 0 saturated heterocycles. The summed E-state index contributed by atoms with van der Waals surface area (Å²) in [6.45, 7) is 2.52. The monoisotopic (exact) mass is 668 g/mol. The fourth-order valence-electron chi connectivity index (χ4n) is 6.58. The van der Waals surface area contributed by atoms with E-state index in [4.69, 9.17) is 4.74 Å².